The summed E-state index contributed by atoms with van der Waals surface area (Å²) in [7, 11) is 0. The third kappa shape index (κ3) is 3.72. The van der Waals surface area contributed by atoms with Crippen LogP contribution < -0.4 is 4.90 Å². The van der Waals surface area contributed by atoms with E-state index in [4.69, 9.17) is 9.98 Å². The Kier molecular flexibility index (Phi) is 5.51. The SMILES string of the molecule is CCN1C(=O)c2c(nc(Br)n2Cc2ccc(C)c(C#N)c2)N2C[C@@H](Cc3ccccc3)N=C12. The van der Waals surface area contributed by atoms with Crippen molar-refractivity contribution < 1.29 is 4.79 Å². The van der Waals surface area contributed by atoms with Crippen LogP contribution in [0.3, 0.4) is 0 Å². The van der Waals surface area contributed by atoms with Gasteiger partial charge in [-0.25, -0.2) is 9.98 Å². The number of fused-ring (bicyclic) bond motifs is 3. The first-order valence-electron chi connectivity index (χ1n) is 11.0. The highest BCUT2D eigenvalue weighted by Gasteiger charge is 2.43. The van der Waals surface area contributed by atoms with E-state index >= 15 is 0 Å². The predicted octanol–water partition coefficient (Wildman–Crippen LogP) is 4.14. The van der Waals surface area contributed by atoms with Gasteiger partial charge in [0.15, 0.2) is 16.2 Å². The molecule has 3 aromatic rings. The summed E-state index contributed by atoms with van der Waals surface area (Å²) in [4.78, 5) is 27.0. The van der Waals surface area contributed by atoms with Gasteiger partial charge in [-0.05, 0) is 59.0 Å². The summed E-state index contributed by atoms with van der Waals surface area (Å²) in [6.07, 6.45) is 0.810. The zero-order valence-electron chi connectivity index (χ0n) is 18.5. The average molecular weight is 503 g/mol. The lowest BCUT2D eigenvalue weighted by Gasteiger charge is -2.33. The van der Waals surface area contributed by atoms with Crippen molar-refractivity contribution in [3.63, 3.8) is 0 Å². The second-order valence-electron chi connectivity index (χ2n) is 8.33. The highest BCUT2D eigenvalue weighted by Crippen LogP contribution is 2.35. The largest absolute Gasteiger partial charge is 0.308 e. The number of hydrogen-bond acceptors (Lipinski definition) is 5. The molecule has 0 N–H and O–H groups in total. The molecule has 2 aliphatic rings. The van der Waals surface area contributed by atoms with Gasteiger partial charge in [0.05, 0.1) is 30.8 Å². The molecule has 7 nitrogen and oxygen atoms in total. The summed E-state index contributed by atoms with van der Waals surface area (Å²) >= 11 is 3.57. The van der Waals surface area contributed by atoms with E-state index in [2.05, 4.69) is 39.0 Å². The van der Waals surface area contributed by atoms with Crippen molar-refractivity contribution in [1.29, 1.82) is 5.26 Å². The number of aliphatic imine (C=N–C) groups is 1. The molecule has 2 aliphatic heterocycles. The summed E-state index contributed by atoms with van der Waals surface area (Å²) in [5.74, 6) is 1.21. The number of benzene rings is 2. The number of hydrogen-bond donors (Lipinski definition) is 0. The molecule has 33 heavy (non-hydrogen) atoms. The molecule has 8 heteroatoms. The van der Waals surface area contributed by atoms with Crippen molar-refractivity contribution in [2.75, 3.05) is 18.0 Å². The standard InChI is InChI=1S/C25H23BrN6O/c1-3-30-23(33)21-22(32-15-20(28-25(30)32)12-17-7-5-4-6-8-17)29-24(26)31(21)14-18-10-9-16(2)19(11-18)13-27/h4-11,20H,3,12,14-15H2,1-2H3/t20-/m1/s1. The third-order valence-electron chi connectivity index (χ3n) is 6.17. The second kappa shape index (κ2) is 8.49. The molecule has 0 unspecified atom stereocenters. The number of guanidine groups is 1. The molecular formula is C25H23BrN6O. The minimum absolute atomic E-state index is 0.0504. The quantitative estimate of drug-likeness (QED) is 0.525. The molecule has 0 aliphatic carbocycles. The Bertz CT molecular complexity index is 1310. The molecule has 0 bridgehead atoms. The maximum atomic E-state index is 13.5. The fraction of sp³-hybridized carbons (Fsp3) is 0.280. The molecule has 5 rings (SSSR count). The van der Waals surface area contributed by atoms with Crippen molar-refractivity contribution in [1.82, 2.24) is 14.5 Å². The summed E-state index contributed by atoms with van der Waals surface area (Å²) in [6, 6.07) is 18.4. The number of imidazole rings is 1. The Morgan fingerprint density at radius 2 is 1.97 bits per heavy atom. The van der Waals surface area contributed by atoms with Crippen LogP contribution in [0.1, 0.15) is 39.7 Å². The van der Waals surface area contributed by atoms with Gasteiger partial charge in [-0.2, -0.15) is 5.26 Å². The van der Waals surface area contributed by atoms with Crippen molar-refractivity contribution in [3.8, 4) is 6.07 Å². The van der Waals surface area contributed by atoms with Crippen molar-refractivity contribution in [2.24, 2.45) is 4.99 Å². The van der Waals surface area contributed by atoms with E-state index in [9.17, 15) is 10.1 Å². The fourth-order valence-corrected chi connectivity index (χ4v) is 4.96. The van der Waals surface area contributed by atoms with Crippen molar-refractivity contribution >= 4 is 33.6 Å². The van der Waals surface area contributed by atoms with E-state index in [0.717, 1.165) is 17.5 Å². The molecule has 0 saturated heterocycles. The minimum Gasteiger partial charge on any atom is -0.308 e. The lowest BCUT2D eigenvalue weighted by atomic mass is 10.1. The number of carbonyl (C=O) groups is 1. The predicted molar refractivity (Wildman–Crippen MR) is 130 cm³/mol. The first kappa shape index (κ1) is 21.4. The van der Waals surface area contributed by atoms with E-state index in [1.165, 1.54) is 5.56 Å². The first-order valence-corrected chi connectivity index (χ1v) is 11.8. The lowest BCUT2D eigenvalue weighted by molar-refractivity contribution is 0.0836. The molecule has 3 heterocycles. The summed E-state index contributed by atoms with van der Waals surface area (Å²) in [5.41, 5.74) is 4.28. The van der Waals surface area contributed by atoms with Gasteiger partial charge in [-0.3, -0.25) is 14.6 Å². The van der Waals surface area contributed by atoms with Gasteiger partial charge in [-0.1, -0.05) is 42.5 Å². The van der Waals surface area contributed by atoms with Crippen LogP contribution in [0.2, 0.25) is 0 Å². The maximum Gasteiger partial charge on any atom is 0.281 e. The van der Waals surface area contributed by atoms with Crippen LogP contribution in [0, 0.1) is 18.3 Å². The first-order chi connectivity index (χ1) is 16.0. The normalized spacial score (nSPS) is 17.0. The average Bonchev–Trinajstić information content (AvgIpc) is 3.37. The van der Waals surface area contributed by atoms with E-state index in [0.29, 0.717) is 47.4 Å². The van der Waals surface area contributed by atoms with Gasteiger partial charge < -0.3 is 4.57 Å². The van der Waals surface area contributed by atoms with E-state index in [1.807, 2.05) is 54.8 Å². The Morgan fingerprint density at radius 1 is 1.18 bits per heavy atom. The van der Waals surface area contributed by atoms with E-state index in [-0.39, 0.29) is 11.9 Å². The maximum absolute atomic E-state index is 13.5. The molecule has 0 fully saturated rings. The van der Waals surface area contributed by atoms with Crippen LogP contribution in [-0.2, 0) is 13.0 Å². The zero-order valence-corrected chi connectivity index (χ0v) is 20.1. The molecule has 0 saturated carbocycles. The highest BCUT2D eigenvalue weighted by atomic mass is 79.9. The van der Waals surface area contributed by atoms with E-state index < -0.39 is 0 Å². The summed E-state index contributed by atoms with van der Waals surface area (Å²) < 4.78 is 2.47. The number of aromatic nitrogens is 2. The minimum atomic E-state index is -0.103. The Hall–Kier alpha value is -3.44. The number of aryl methyl sites for hydroxylation is 1. The van der Waals surface area contributed by atoms with Crippen molar-refractivity contribution in [3.05, 3.63) is 81.2 Å². The zero-order chi connectivity index (χ0) is 23.1. The molecular weight excluding hydrogens is 480 g/mol. The van der Waals surface area contributed by atoms with Crippen LogP contribution in [0.15, 0.2) is 58.3 Å². The fourth-order valence-electron chi connectivity index (χ4n) is 4.49. The topological polar surface area (TPSA) is 77.5 Å². The van der Waals surface area contributed by atoms with Crippen LogP contribution in [0.4, 0.5) is 5.82 Å². The van der Waals surface area contributed by atoms with Crippen LogP contribution >= 0.6 is 15.9 Å². The highest BCUT2D eigenvalue weighted by molar-refractivity contribution is 9.10. The number of carbonyl (C=O) groups excluding carboxylic acids is 1. The van der Waals surface area contributed by atoms with Crippen LogP contribution in [0.5, 0.6) is 0 Å². The molecule has 0 radical (unpaired) electrons. The number of nitriles is 1. The van der Waals surface area contributed by atoms with Gasteiger partial charge >= 0.3 is 0 Å². The lowest BCUT2D eigenvalue weighted by Crippen LogP contribution is -2.50. The van der Waals surface area contributed by atoms with Crippen LogP contribution in [-0.4, -0.2) is 45.4 Å². The van der Waals surface area contributed by atoms with Gasteiger partial charge in [0, 0.05) is 6.54 Å². The molecule has 166 valence electrons. The number of rotatable bonds is 5. The van der Waals surface area contributed by atoms with Gasteiger partial charge in [0.2, 0.25) is 5.96 Å². The Labute approximate surface area is 201 Å². The molecule has 0 spiro atoms. The summed E-state index contributed by atoms with van der Waals surface area (Å²) in [6.45, 7) is 5.52. The summed E-state index contributed by atoms with van der Waals surface area (Å²) in [5, 5.41) is 9.40. The molecule has 1 aromatic heterocycles. The van der Waals surface area contributed by atoms with Crippen molar-refractivity contribution in [2.45, 2.75) is 32.9 Å². The van der Waals surface area contributed by atoms with Crippen LogP contribution in [0.25, 0.3) is 0 Å². The molecule has 1 amide bonds. The molecule has 2 aromatic carbocycles. The second-order valence-corrected chi connectivity index (χ2v) is 9.04. The third-order valence-corrected chi connectivity index (χ3v) is 6.78. The van der Waals surface area contributed by atoms with Gasteiger partial charge in [0.25, 0.3) is 5.91 Å². The van der Waals surface area contributed by atoms with E-state index in [1.54, 1.807) is 4.90 Å². The number of nitrogens with zero attached hydrogens (tertiary/aromatic N) is 6. The number of amides is 1. The number of anilines is 1. The van der Waals surface area contributed by atoms with Gasteiger partial charge in [-0.15, -0.1) is 0 Å². The van der Waals surface area contributed by atoms with Gasteiger partial charge in [0.1, 0.15) is 0 Å². The molecule has 1 atom stereocenters. The number of halogens is 1. The Morgan fingerprint density at radius 3 is 2.70 bits per heavy atom. The Balaban J connectivity index is 1.51. The monoisotopic (exact) mass is 502 g/mol. The smallest absolute Gasteiger partial charge is 0.281 e.